The molecule has 3 aromatic rings. The summed E-state index contributed by atoms with van der Waals surface area (Å²) in [6, 6.07) is 8.49. The third-order valence-corrected chi connectivity index (χ3v) is 5.70. The van der Waals surface area contributed by atoms with E-state index in [1.54, 1.807) is 6.20 Å². The summed E-state index contributed by atoms with van der Waals surface area (Å²) in [6.07, 6.45) is 3.43. The fourth-order valence-corrected chi connectivity index (χ4v) is 3.86. The lowest BCUT2D eigenvalue weighted by Crippen LogP contribution is -2.26. The van der Waals surface area contributed by atoms with E-state index in [4.69, 9.17) is 11.6 Å². The third kappa shape index (κ3) is 4.15. The highest BCUT2D eigenvalue weighted by molar-refractivity contribution is 7.89. The molecule has 0 amide bonds. The fourth-order valence-electron chi connectivity index (χ4n) is 1.95. The van der Waals surface area contributed by atoms with Crippen LogP contribution in [-0.2, 0) is 16.4 Å². The van der Waals surface area contributed by atoms with Crippen molar-refractivity contribution >= 4 is 33.0 Å². The van der Waals surface area contributed by atoms with Crippen molar-refractivity contribution < 1.29 is 8.42 Å². The molecule has 3 rings (SSSR count). The van der Waals surface area contributed by atoms with Gasteiger partial charge in [0.05, 0.1) is 11.4 Å². The largest absolute Gasteiger partial charge is 0.254 e. The predicted molar refractivity (Wildman–Crippen MR) is 93.5 cm³/mol. The van der Waals surface area contributed by atoms with Crippen LogP contribution in [0, 0.1) is 0 Å². The molecule has 0 spiro atoms. The van der Waals surface area contributed by atoms with Crippen LogP contribution in [0.25, 0.3) is 10.7 Å². The first kappa shape index (κ1) is 17.0. The molecule has 0 aromatic carbocycles. The molecule has 0 unspecified atom stereocenters. The van der Waals surface area contributed by atoms with E-state index in [0.717, 1.165) is 16.4 Å². The van der Waals surface area contributed by atoms with Crippen LogP contribution in [-0.4, -0.2) is 29.9 Å². The minimum absolute atomic E-state index is 0.0827. The zero-order valence-corrected chi connectivity index (χ0v) is 14.8. The number of rotatable bonds is 6. The Morgan fingerprint density at radius 3 is 2.75 bits per heavy atom. The van der Waals surface area contributed by atoms with Crippen molar-refractivity contribution in [2.24, 2.45) is 0 Å². The maximum atomic E-state index is 12.1. The summed E-state index contributed by atoms with van der Waals surface area (Å²) in [5.74, 6) is 0. The van der Waals surface area contributed by atoms with Crippen molar-refractivity contribution in [1.82, 2.24) is 19.7 Å². The third-order valence-electron chi connectivity index (χ3n) is 3.12. The van der Waals surface area contributed by atoms with Gasteiger partial charge in [0.25, 0.3) is 0 Å². The Morgan fingerprint density at radius 1 is 1.17 bits per heavy atom. The Kier molecular flexibility index (Phi) is 5.20. The summed E-state index contributed by atoms with van der Waals surface area (Å²) >= 11 is 7.14. The lowest BCUT2D eigenvalue weighted by atomic mass is 10.3. The molecule has 3 aromatic heterocycles. The maximum absolute atomic E-state index is 12.1. The van der Waals surface area contributed by atoms with E-state index in [1.165, 1.54) is 29.7 Å². The minimum Gasteiger partial charge on any atom is -0.254 e. The minimum atomic E-state index is -3.60. The zero-order chi connectivity index (χ0) is 17.0. The second-order valence-corrected chi connectivity index (χ2v) is 7.84. The number of aromatic nitrogens is 3. The van der Waals surface area contributed by atoms with Gasteiger partial charge in [0.15, 0.2) is 0 Å². The molecule has 3 heterocycles. The average molecular weight is 381 g/mol. The first-order valence-corrected chi connectivity index (χ1v) is 9.76. The van der Waals surface area contributed by atoms with Crippen LogP contribution in [0.4, 0.5) is 0 Å². The van der Waals surface area contributed by atoms with Gasteiger partial charge in [0.1, 0.15) is 15.1 Å². The first-order valence-electron chi connectivity index (χ1n) is 7.02. The average Bonchev–Trinajstić information content (AvgIpc) is 3.05. The van der Waals surface area contributed by atoms with Crippen molar-refractivity contribution in [3.8, 4) is 10.7 Å². The summed E-state index contributed by atoms with van der Waals surface area (Å²) in [5.41, 5.74) is 1.62. The number of hydrogen-bond acceptors (Lipinski definition) is 6. The highest BCUT2D eigenvalue weighted by atomic mass is 35.5. The highest BCUT2D eigenvalue weighted by Gasteiger charge is 2.14. The van der Waals surface area contributed by atoms with Gasteiger partial charge in [-0.05, 0) is 24.3 Å². The number of nitrogens with one attached hydrogen (secondary N) is 1. The molecular formula is C15H13ClN4O2S2. The van der Waals surface area contributed by atoms with Crippen LogP contribution < -0.4 is 4.72 Å². The molecular weight excluding hydrogens is 368 g/mol. The topological polar surface area (TPSA) is 84.8 Å². The van der Waals surface area contributed by atoms with Gasteiger partial charge in [-0.1, -0.05) is 17.7 Å². The maximum Gasteiger partial charge on any atom is 0.242 e. The SMILES string of the molecule is O=S(=O)(NCCc1csc(-c2ccccn2)n1)c1ccc(Cl)nc1. The molecule has 24 heavy (non-hydrogen) atoms. The fraction of sp³-hybridized carbons (Fsp3) is 0.133. The highest BCUT2D eigenvalue weighted by Crippen LogP contribution is 2.21. The number of nitrogens with zero attached hydrogens (tertiary/aromatic N) is 3. The van der Waals surface area contributed by atoms with Gasteiger partial charge in [-0.2, -0.15) is 0 Å². The molecule has 0 saturated carbocycles. The Bertz CT molecular complexity index is 912. The van der Waals surface area contributed by atoms with E-state index < -0.39 is 10.0 Å². The zero-order valence-electron chi connectivity index (χ0n) is 12.4. The molecule has 1 N–H and O–H groups in total. The summed E-state index contributed by atoms with van der Waals surface area (Å²) in [4.78, 5) is 12.6. The van der Waals surface area contributed by atoms with E-state index in [-0.39, 0.29) is 16.6 Å². The van der Waals surface area contributed by atoms with E-state index in [9.17, 15) is 8.42 Å². The van der Waals surface area contributed by atoms with E-state index in [0.29, 0.717) is 6.42 Å². The van der Waals surface area contributed by atoms with Crippen LogP contribution in [0.1, 0.15) is 5.69 Å². The number of hydrogen-bond donors (Lipinski definition) is 1. The summed E-state index contributed by atoms with van der Waals surface area (Å²) in [6.45, 7) is 0.246. The molecule has 124 valence electrons. The quantitative estimate of drug-likeness (QED) is 0.664. The Balaban J connectivity index is 1.60. The number of halogens is 1. The lowest BCUT2D eigenvalue weighted by Gasteiger charge is -2.05. The monoisotopic (exact) mass is 380 g/mol. The molecule has 0 radical (unpaired) electrons. The Hall–Kier alpha value is -1.87. The second-order valence-electron chi connectivity index (χ2n) is 4.82. The predicted octanol–water partition coefficient (Wildman–Crippen LogP) is 2.77. The van der Waals surface area contributed by atoms with E-state index >= 15 is 0 Å². The van der Waals surface area contributed by atoms with Crippen molar-refractivity contribution in [3.05, 3.63) is 59.0 Å². The lowest BCUT2D eigenvalue weighted by molar-refractivity contribution is 0.581. The van der Waals surface area contributed by atoms with Gasteiger partial charge < -0.3 is 0 Å². The van der Waals surface area contributed by atoms with Crippen LogP contribution in [0.5, 0.6) is 0 Å². The first-order chi connectivity index (χ1) is 11.5. The number of sulfonamides is 1. The van der Waals surface area contributed by atoms with Crippen LogP contribution in [0.15, 0.2) is 53.0 Å². The van der Waals surface area contributed by atoms with Crippen LogP contribution in [0.3, 0.4) is 0 Å². The molecule has 9 heteroatoms. The van der Waals surface area contributed by atoms with E-state index in [1.807, 2.05) is 23.6 Å². The number of thiazole rings is 1. The molecule has 0 aliphatic rings. The molecule has 0 atom stereocenters. The Morgan fingerprint density at radius 2 is 2.04 bits per heavy atom. The Labute approximate surface area is 148 Å². The summed E-state index contributed by atoms with van der Waals surface area (Å²) < 4.78 is 26.8. The molecule has 0 aliphatic carbocycles. The standard InChI is InChI=1S/C15H13ClN4O2S2/c16-14-5-4-12(9-18-14)24(21,22)19-8-6-11-10-23-15(20-11)13-3-1-2-7-17-13/h1-5,7,9-10,19H,6,8H2. The van der Waals surface area contributed by atoms with Gasteiger partial charge >= 0.3 is 0 Å². The smallest absolute Gasteiger partial charge is 0.242 e. The van der Waals surface area contributed by atoms with Gasteiger partial charge in [-0.25, -0.2) is 23.1 Å². The normalized spacial score (nSPS) is 11.5. The van der Waals surface area contributed by atoms with Gasteiger partial charge in [-0.15, -0.1) is 11.3 Å². The molecule has 0 bridgehead atoms. The molecule has 0 saturated heterocycles. The number of pyridine rings is 2. The summed E-state index contributed by atoms with van der Waals surface area (Å²) in [7, 11) is -3.60. The van der Waals surface area contributed by atoms with Crippen LogP contribution in [0.2, 0.25) is 5.15 Å². The van der Waals surface area contributed by atoms with Gasteiger partial charge in [0, 0.05) is 30.7 Å². The second kappa shape index (κ2) is 7.35. The van der Waals surface area contributed by atoms with Crippen molar-refractivity contribution in [2.75, 3.05) is 6.54 Å². The van der Waals surface area contributed by atoms with Gasteiger partial charge in [-0.3, -0.25) is 4.98 Å². The van der Waals surface area contributed by atoms with Crippen LogP contribution >= 0.6 is 22.9 Å². The van der Waals surface area contributed by atoms with Gasteiger partial charge in [0.2, 0.25) is 10.0 Å². The molecule has 6 nitrogen and oxygen atoms in total. The molecule has 0 aliphatic heterocycles. The van der Waals surface area contributed by atoms with E-state index in [2.05, 4.69) is 19.7 Å². The summed E-state index contributed by atoms with van der Waals surface area (Å²) in [5, 5.41) is 2.97. The molecule has 0 fully saturated rings. The van der Waals surface area contributed by atoms with Crippen molar-refractivity contribution in [2.45, 2.75) is 11.3 Å². The van der Waals surface area contributed by atoms with Crippen molar-refractivity contribution in [1.29, 1.82) is 0 Å². The van der Waals surface area contributed by atoms with Crippen molar-refractivity contribution in [3.63, 3.8) is 0 Å².